The van der Waals surface area contributed by atoms with E-state index in [9.17, 15) is 9.35 Å². The summed E-state index contributed by atoms with van der Waals surface area (Å²) in [5, 5.41) is 0.522. The van der Waals surface area contributed by atoms with Gasteiger partial charge in [0.05, 0.1) is 16.9 Å². The van der Waals surface area contributed by atoms with Crippen molar-refractivity contribution in [2.75, 3.05) is 0 Å². The minimum atomic E-state index is -1.26. The summed E-state index contributed by atoms with van der Waals surface area (Å²) in [6.07, 6.45) is 3.40. The highest BCUT2D eigenvalue weighted by Crippen LogP contribution is 2.27. The number of hydrogen-bond acceptors (Lipinski definition) is 6. The molecule has 1 aromatic carbocycles. The molecule has 2 heterocycles. The van der Waals surface area contributed by atoms with Crippen molar-refractivity contribution >= 4 is 22.3 Å². The minimum absolute atomic E-state index is 0.164. The van der Waals surface area contributed by atoms with E-state index >= 15 is 0 Å². The van der Waals surface area contributed by atoms with Crippen LogP contribution in [-0.4, -0.2) is 28.8 Å². The van der Waals surface area contributed by atoms with Crippen molar-refractivity contribution in [1.82, 2.24) is 24.2 Å². The Morgan fingerprint density at radius 1 is 1.14 bits per heavy atom. The first-order valence-corrected chi connectivity index (χ1v) is 10.6. The summed E-state index contributed by atoms with van der Waals surface area (Å²) in [5.41, 5.74) is 3.11. The van der Waals surface area contributed by atoms with Crippen LogP contribution in [0.4, 0.5) is 0 Å². The van der Waals surface area contributed by atoms with Crippen LogP contribution >= 0.6 is 0 Å². The van der Waals surface area contributed by atoms with Crippen LogP contribution in [0.1, 0.15) is 50.4 Å². The lowest BCUT2D eigenvalue weighted by Crippen LogP contribution is -2.40. The van der Waals surface area contributed by atoms with Crippen molar-refractivity contribution < 1.29 is 4.55 Å². The molecule has 8 heteroatoms. The molecule has 0 spiro atoms. The molecule has 7 nitrogen and oxygen atoms in total. The van der Waals surface area contributed by atoms with E-state index < -0.39 is 16.1 Å². The predicted octanol–water partition coefficient (Wildman–Crippen LogP) is 3.12. The van der Waals surface area contributed by atoms with Gasteiger partial charge in [-0.3, -0.25) is 9.36 Å². The van der Waals surface area contributed by atoms with E-state index in [2.05, 4.69) is 14.7 Å². The molecule has 0 amide bonds. The number of aryl methyl sites for hydroxylation is 2. The lowest BCUT2D eigenvalue weighted by molar-refractivity contribution is 0.531. The summed E-state index contributed by atoms with van der Waals surface area (Å²) in [7, 11) is 1.67. The maximum absolute atomic E-state index is 13.1. The topological polar surface area (TPSA) is 95.8 Å². The molecule has 1 N–H and O–H groups in total. The fraction of sp³-hybridized carbons (Fsp3) is 0.429. The second-order valence-electron chi connectivity index (χ2n) is 8.35. The molecule has 2 atom stereocenters. The van der Waals surface area contributed by atoms with Gasteiger partial charge in [0, 0.05) is 36.4 Å². The lowest BCUT2D eigenvalue weighted by Gasteiger charge is -2.27. The summed E-state index contributed by atoms with van der Waals surface area (Å²) in [6.45, 7) is 11.5. The average Bonchev–Trinajstić information content (AvgIpc) is 2.64. The fourth-order valence-electron chi connectivity index (χ4n) is 2.99. The predicted molar refractivity (Wildman–Crippen MR) is 117 cm³/mol. The van der Waals surface area contributed by atoms with Gasteiger partial charge in [-0.25, -0.2) is 15.0 Å². The van der Waals surface area contributed by atoms with Crippen LogP contribution in [-0.2, 0) is 18.4 Å². The van der Waals surface area contributed by atoms with Gasteiger partial charge in [-0.05, 0) is 58.7 Å². The van der Waals surface area contributed by atoms with Crippen LogP contribution in [0, 0.1) is 13.8 Å². The molecule has 0 aliphatic rings. The Labute approximate surface area is 173 Å². The molecule has 0 saturated heterocycles. The molecule has 0 fully saturated rings. The third-order valence-corrected chi connectivity index (χ3v) is 6.32. The van der Waals surface area contributed by atoms with Crippen LogP contribution in [0.5, 0.6) is 0 Å². The van der Waals surface area contributed by atoms with Gasteiger partial charge in [-0.15, -0.1) is 4.72 Å². The van der Waals surface area contributed by atoms with Crippen molar-refractivity contribution in [2.24, 2.45) is 7.05 Å². The summed E-state index contributed by atoms with van der Waals surface area (Å²) < 4.78 is 16.8. The van der Waals surface area contributed by atoms with Crippen molar-refractivity contribution in [3.63, 3.8) is 0 Å². The molecule has 0 aliphatic carbocycles. The van der Waals surface area contributed by atoms with E-state index in [1.54, 1.807) is 19.4 Å². The van der Waals surface area contributed by atoms with Crippen molar-refractivity contribution in [1.29, 1.82) is 0 Å². The smallest absolute Gasteiger partial charge is 0.261 e. The van der Waals surface area contributed by atoms with E-state index in [1.165, 1.54) is 4.57 Å². The summed E-state index contributed by atoms with van der Waals surface area (Å²) in [5.74, 6) is 0.791. The number of aromatic nitrogens is 4. The number of nitrogens with zero attached hydrogens (tertiary/aromatic N) is 4. The van der Waals surface area contributed by atoms with E-state index in [1.807, 2.05) is 53.7 Å². The van der Waals surface area contributed by atoms with E-state index in [-0.39, 0.29) is 11.6 Å². The Hall–Kier alpha value is -2.29. The van der Waals surface area contributed by atoms with Gasteiger partial charge >= 0.3 is 0 Å². The van der Waals surface area contributed by atoms with Crippen LogP contribution < -0.4 is 10.3 Å². The summed E-state index contributed by atoms with van der Waals surface area (Å²) >= 11 is -1.26. The van der Waals surface area contributed by atoms with Crippen LogP contribution in [0.15, 0.2) is 29.3 Å². The maximum Gasteiger partial charge on any atom is 0.261 e. The third-order valence-electron chi connectivity index (χ3n) is 4.64. The molecule has 0 radical (unpaired) electrons. The van der Waals surface area contributed by atoms with E-state index in [4.69, 9.17) is 4.98 Å². The van der Waals surface area contributed by atoms with Gasteiger partial charge in [0.2, 0.25) is 0 Å². The van der Waals surface area contributed by atoms with E-state index in [0.29, 0.717) is 22.6 Å². The molecular formula is C21H27N5O2S. The number of fused-ring (bicyclic) bond motifs is 1. The SMILES string of the molecule is Cc1cnc(-c2nc3c(C(C)N[S@+]([O-])C(C)(C)C)cc(C)cc3c(=O)n2C)nc1. The number of nitrogens with one attached hydrogen (secondary N) is 1. The zero-order valence-corrected chi connectivity index (χ0v) is 18.7. The first kappa shape index (κ1) is 21.4. The van der Waals surface area contributed by atoms with Crippen LogP contribution in [0.25, 0.3) is 22.6 Å². The Morgan fingerprint density at radius 3 is 2.34 bits per heavy atom. The second kappa shape index (κ2) is 7.85. The molecule has 0 bridgehead atoms. The largest absolute Gasteiger partial charge is 0.598 e. The molecule has 0 saturated carbocycles. The highest BCUT2D eigenvalue weighted by molar-refractivity contribution is 7.90. The first-order chi connectivity index (χ1) is 13.5. The van der Waals surface area contributed by atoms with Crippen LogP contribution in [0.3, 0.4) is 0 Å². The second-order valence-corrected chi connectivity index (χ2v) is 10.4. The Bertz CT molecular complexity index is 1100. The maximum atomic E-state index is 13.1. The molecular weight excluding hydrogens is 386 g/mol. The zero-order valence-electron chi connectivity index (χ0n) is 17.9. The van der Waals surface area contributed by atoms with Gasteiger partial charge in [0.15, 0.2) is 11.6 Å². The average molecular weight is 414 g/mol. The molecule has 0 aliphatic heterocycles. The Morgan fingerprint density at radius 2 is 1.76 bits per heavy atom. The van der Waals surface area contributed by atoms with Gasteiger partial charge in [0.1, 0.15) is 4.75 Å². The van der Waals surface area contributed by atoms with Gasteiger partial charge in [-0.1, -0.05) is 6.07 Å². The van der Waals surface area contributed by atoms with Crippen LogP contribution in [0.2, 0.25) is 0 Å². The fourth-order valence-corrected chi connectivity index (χ4v) is 3.79. The zero-order chi connectivity index (χ0) is 21.5. The third kappa shape index (κ3) is 4.34. The molecule has 3 rings (SSSR count). The van der Waals surface area contributed by atoms with Gasteiger partial charge < -0.3 is 4.55 Å². The minimum Gasteiger partial charge on any atom is -0.598 e. The molecule has 154 valence electrons. The Kier molecular flexibility index (Phi) is 5.80. The highest BCUT2D eigenvalue weighted by atomic mass is 32.2. The summed E-state index contributed by atoms with van der Waals surface area (Å²) in [4.78, 5) is 26.5. The van der Waals surface area contributed by atoms with Gasteiger partial charge in [-0.2, -0.15) is 0 Å². The van der Waals surface area contributed by atoms with Gasteiger partial charge in [0.25, 0.3) is 5.56 Å². The van der Waals surface area contributed by atoms with E-state index in [0.717, 1.165) is 16.7 Å². The highest BCUT2D eigenvalue weighted by Gasteiger charge is 2.29. The van der Waals surface area contributed by atoms with Crippen molar-refractivity contribution in [3.8, 4) is 11.6 Å². The number of benzene rings is 1. The Balaban J connectivity index is 2.20. The summed E-state index contributed by atoms with van der Waals surface area (Å²) in [6, 6.07) is 3.55. The monoisotopic (exact) mass is 413 g/mol. The number of hydrogen-bond donors (Lipinski definition) is 1. The molecule has 3 aromatic rings. The normalized spacial score (nSPS) is 14.2. The molecule has 1 unspecified atom stereocenters. The quantitative estimate of drug-likeness (QED) is 0.660. The van der Waals surface area contributed by atoms with Crippen molar-refractivity contribution in [2.45, 2.75) is 52.3 Å². The number of rotatable bonds is 4. The van der Waals surface area contributed by atoms with Crippen molar-refractivity contribution in [3.05, 3.63) is 51.6 Å². The molecule has 2 aromatic heterocycles. The molecule has 29 heavy (non-hydrogen) atoms. The first-order valence-electron chi connectivity index (χ1n) is 9.47. The standard InChI is InChI=1S/C21H27N5O2S/c1-12-8-15(14(3)25-29(28)21(4,5)6)17-16(9-12)20(27)26(7)19(24-17)18-22-10-13(2)11-23-18/h8-11,14,25H,1-7H3/t14?,29-/m1/s1. The lowest BCUT2D eigenvalue weighted by atomic mass is 10.0.